The predicted molar refractivity (Wildman–Crippen MR) is 114 cm³/mol. The zero-order valence-electron chi connectivity index (χ0n) is 15.9. The SMILES string of the molecule is CCNC(=NCC(C)Oc1ccc(F)cc1)NCCNC(C)(C)C.I. The van der Waals surface area contributed by atoms with E-state index in [0.717, 1.165) is 25.6 Å². The normalized spacial score (nSPS) is 13.0. The van der Waals surface area contributed by atoms with Gasteiger partial charge in [0.1, 0.15) is 17.7 Å². The first-order valence-electron chi connectivity index (χ1n) is 8.49. The molecular weight excluding hydrogens is 434 g/mol. The van der Waals surface area contributed by atoms with Gasteiger partial charge in [-0.1, -0.05) is 0 Å². The zero-order valence-corrected chi connectivity index (χ0v) is 18.2. The highest BCUT2D eigenvalue weighted by Gasteiger charge is 2.08. The van der Waals surface area contributed by atoms with E-state index < -0.39 is 0 Å². The Kier molecular flexibility index (Phi) is 11.8. The first-order valence-corrected chi connectivity index (χ1v) is 8.49. The molecule has 0 aliphatic carbocycles. The fourth-order valence-electron chi connectivity index (χ4n) is 1.96. The highest BCUT2D eigenvalue weighted by molar-refractivity contribution is 14.0. The molecule has 1 unspecified atom stereocenters. The van der Waals surface area contributed by atoms with Gasteiger partial charge in [0, 0.05) is 25.2 Å². The Morgan fingerprint density at radius 1 is 1.16 bits per heavy atom. The average Bonchev–Trinajstić information content (AvgIpc) is 2.50. The summed E-state index contributed by atoms with van der Waals surface area (Å²) < 4.78 is 18.6. The lowest BCUT2D eigenvalue weighted by Crippen LogP contribution is -2.44. The summed E-state index contributed by atoms with van der Waals surface area (Å²) in [5.74, 6) is 1.14. The number of rotatable bonds is 8. The molecule has 1 aromatic rings. The number of benzene rings is 1. The second-order valence-corrected chi connectivity index (χ2v) is 6.71. The molecule has 1 aromatic carbocycles. The lowest BCUT2D eigenvalue weighted by atomic mass is 10.1. The van der Waals surface area contributed by atoms with E-state index in [2.05, 4.69) is 41.7 Å². The highest BCUT2D eigenvalue weighted by Crippen LogP contribution is 2.12. The topological polar surface area (TPSA) is 57.7 Å². The lowest BCUT2D eigenvalue weighted by Gasteiger charge is -2.21. The van der Waals surface area contributed by atoms with E-state index in [1.807, 2.05) is 13.8 Å². The summed E-state index contributed by atoms with van der Waals surface area (Å²) in [4.78, 5) is 4.53. The van der Waals surface area contributed by atoms with Crippen LogP contribution in [0.2, 0.25) is 0 Å². The maximum Gasteiger partial charge on any atom is 0.191 e. The van der Waals surface area contributed by atoms with Gasteiger partial charge in [0.15, 0.2) is 5.96 Å². The Morgan fingerprint density at radius 2 is 1.80 bits per heavy atom. The zero-order chi connectivity index (χ0) is 18.0. The van der Waals surface area contributed by atoms with Gasteiger partial charge < -0.3 is 20.7 Å². The van der Waals surface area contributed by atoms with Gasteiger partial charge in [-0.15, -0.1) is 24.0 Å². The van der Waals surface area contributed by atoms with Crippen molar-refractivity contribution in [3.8, 4) is 5.75 Å². The minimum Gasteiger partial charge on any atom is -0.489 e. The molecule has 0 spiro atoms. The van der Waals surface area contributed by atoms with Crippen LogP contribution in [0, 0.1) is 5.82 Å². The number of hydrogen-bond donors (Lipinski definition) is 3. The van der Waals surface area contributed by atoms with Gasteiger partial charge in [-0.3, -0.25) is 0 Å². The Labute approximate surface area is 168 Å². The van der Waals surface area contributed by atoms with Crippen LogP contribution in [0.3, 0.4) is 0 Å². The summed E-state index contributed by atoms with van der Waals surface area (Å²) in [6.45, 7) is 13.3. The molecule has 0 saturated heterocycles. The fraction of sp³-hybridized carbons (Fsp3) is 0.611. The van der Waals surface area contributed by atoms with E-state index in [1.54, 1.807) is 12.1 Å². The third kappa shape index (κ3) is 12.0. The van der Waals surface area contributed by atoms with Crippen molar-refractivity contribution in [1.82, 2.24) is 16.0 Å². The van der Waals surface area contributed by atoms with Gasteiger partial charge in [-0.2, -0.15) is 0 Å². The van der Waals surface area contributed by atoms with Crippen LogP contribution in [-0.2, 0) is 0 Å². The second-order valence-electron chi connectivity index (χ2n) is 6.71. The molecule has 0 radical (unpaired) electrons. The van der Waals surface area contributed by atoms with Crippen molar-refractivity contribution < 1.29 is 9.13 Å². The molecule has 0 aliphatic heterocycles. The monoisotopic (exact) mass is 466 g/mol. The quantitative estimate of drug-likeness (QED) is 0.239. The Hall–Kier alpha value is -1.09. The van der Waals surface area contributed by atoms with Crippen LogP contribution in [0.25, 0.3) is 0 Å². The van der Waals surface area contributed by atoms with E-state index >= 15 is 0 Å². The number of hydrogen-bond acceptors (Lipinski definition) is 3. The van der Waals surface area contributed by atoms with E-state index in [1.165, 1.54) is 12.1 Å². The summed E-state index contributed by atoms with van der Waals surface area (Å²) >= 11 is 0. The Balaban J connectivity index is 0.00000576. The summed E-state index contributed by atoms with van der Waals surface area (Å²) in [5.41, 5.74) is 0.106. The molecule has 25 heavy (non-hydrogen) atoms. The van der Waals surface area contributed by atoms with Crippen molar-refractivity contribution in [2.45, 2.75) is 46.3 Å². The smallest absolute Gasteiger partial charge is 0.191 e. The molecule has 0 aliphatic rings. The van der Waals surface area contributed by atoms with Gasteiger partial charge in [0.2, 0.25) is 0 Å². The van der Waals surface area contributed by atoms with Gasteiger partial charge in [-0.25, -0.2) is 9.38 Å². The standard InChI is InChI=1S/C18H31FN4O.HI/c1-6-20-17(21-11-12-23-18(3,4)5)22-13-14(2)24-16-9-7-15(19)8-10-16;/h7-10,14,23H,6,11-13H2,1-5H3,(H2,20,21,22);1H. The number of halogens is 2. The van der Waals surface area contributed by atoms with Crippen LogP contribution >= 0.6 is 24.0 Å². The second kappa shape index (κ2) is 12.3. The van der Waals surface area contributed by atoms with E-state index in [4.69, 9.17) is 4.74 Å². The average molecular weight is 466 g/mol. The molecule has 0 amide bonds. The van der Waals surface area contributed by atoms with Crippen molar-refractivity contribution in [1.29, 1.82) is 0 Å². The molecule has 1 rings (SSSR count). The largest absolute Gasteiger partial charge is 0.489 e. The number of guanidine groups is 1. The summed E-state index contributed by atoms with van der Waals surface area (Å²) in [7, 11) is 0. The maximum atomic E-state index is 12.9. The van der Waals surface area contributed by atoms with Gasteiger partial charge in [0.05, 0.1) is 6.54 Å². The van der Waals surface area contributed by atoms with Gasteiger partial charge in [-0.05, 0) is 58.9 Å². The van der Waals surface area contributed by atoms with Crippen LogP contribution in [0.15, 0.2) is 29.3 Å². The minimum atomic E-state index is -0.268. The van der Waals surface area contributed by atoms with Crippen LogP contribution < -0.4 is 20.7 Å². The van der Waals surface area contributed by atoms with Crippen molar-refractivity contribution in [3.63, 3.8) is 0 Å². The van der Waals surface area contributed by atoms with Crippen molar-refractivity contribution in [2.75, 3.05) is 26.2 Å². The fourth-order valence-corrected chi connectivity index (χ4v) is 1.96. The van der Waals surface area contributed by atoms with Gasteiger partial charge in [0.25, 0.3) is 0 Å². The third-order valence-corrected chi connectivity index (χ3v) is 3.07. The summed E-state index contributed by atoms with van der Waals surface area (Å²) in [5, 5.41) is 9.92. The van der Waals surface area contributed by atoms with Crippen LogP contribution in [-0.4, -0.2) is 43.8 Å². The van der Waals surface area contributed by atoms with Crippen molar-refractivity contribution >= 4 is 29.9 Å². The van der Waals surface area contributed by atoms with Crippen molar-refractivity contribution in [3.05, 3.63) is 30.1 Å². The molecule has 7 heteroatoms. The summed E-state index contributed by atoms with van der Waals surface area (Å²) in [6, 6.07) is 6.02. The number of aliphatic imine (C=N–C) groups is 1. The molecule has 1 atom stereocenters. The first-order chi connectivity index (χ1) is 11.3. The first kappa shape index (κ1) is 23.9. The molecule has 3 N–H and O–H groups in total. The molecule has 0 saturated carbocycles. The van der Waals surface area contributed by atoms with E-state index in [-0.39, 0.29) is 41.4 Å². The van der Waals surface area contributed by atoms with Crippen LogP contribution in [0.4, 0.5) is 4.39 Å². The minimum absolute atomic E-state index is 0. The molecule has 0 fully saturated rings. The molecule has 0 aromatic heterocycles. The highest BCUT2D eigenvalue weighted by atomic mass is 127. The molecule has 144 valence electrons. The van der Waals surface area contributed by atoms with E-state index in [0.29, 0.717) is 12.3 Å². The van der Waals surface area contributed by atoms with E-state index in [9.17, 15) is 4.39 Å². The van der Waals surface area contributed by atoms with Crippen LogP contribution in [0.5, 0.6) is 5.75 Å². The van der Waals surface area contributed by atoms with Crippen LogP contribution in [0.1, 0.15) is 34.6 Å². The number of ether oxygens (including phenoxy) is 1. The summed E-state index contributed by atoms with van der Waals surface area (Å²) in [6.07, 6.45) is -0.0985. The Bertz CT molecular complexity index is 503. The Morgan fingerprint density at radius 3 is 2.36 bits per heavy atom. The third-order valence-electron chi connectivity index (χ3n) is 3.07. The lowest BCUT2D eigenvalue weighted by molar-refractivity contribution is 0.230. The maximum absolute atomic E-state index is 12.9. The van der Waals surface area contributed by atoms with Crippen molar-refractivity contribution in [2.24, 2.45) is 4.99 Å². The number of nitrogens with one attached hydrogen (secondary N) is 3. The number of nitrogens with zero attached hydrogens (tertiary/aromatic N) is 1. The predicted octanol–water partition coefficient (Wildman–Crippen LogP) is 3.15. The molecule has 0 bridgehead atoms. The molecule has 5 nitrogen and oxygen atoms in total. The molecule has 0 heterocycles. The van der Waals surface area contributed by atoms with Gasteiger partial charge >= 0.3 is 0 Å². The molecular formula is C18H32FIN4O.